The lowest BCUT2D eigenvalue weighted by Gasteiger charge is -2.31. The standard InChI is InChI=1S/C21H32N2/c1-2-8-14-22(13-7-1)20-17-21(19-12-6-5-11-18(19)20)23-15-9-3-4-10-16-23/h5-6,11-12,20-21H,1-4,7-10,13-17H2. The van der Waals surface area contributed by atoms with Crippen molar-refractivity contribution in [3.63, 3.8) is 0 Å². The molecule has 2 heterocycles. The molecule has 1 aliphatic carbocycles. The van der Waals surface area contributed by atoms with Crippen molar-refractivity contribution in [2.45, 2.75) is 69.9 Å². The molecule has 0 radical (unpaired) electrons. The van der Waals surface area contributed by atoms with Crippen molar-refractivity contribution in [2.75, 3.05) is 26.2 Å². The molecule has 2 heteroatoms. The quantitative estimate of drug-likeness (QED) is 0.764. The van der Waals surface area contributed by atoms with Crippen LogP contribution in [-0.2, 0) is 0 Å². The molecule has 2 aliphatic heterocycles. The number of hydrogen-bond donors (Lipinski definition) is 0. The van der Waals surface area contributed by atoms with E-state index in [2.05, 4.69) is 34.1 Å². The normalized spacial score (nSPS) is 30.6. The Labute approximate surface area is 141 Å². The average molecular weight is 313 g/mol. The van der Waals surface area contributed by atoms with Gasteiger partial charge in [-0.25, -0.2) is 0 Å². The molecule has 2 saturated heterocycles. The van der Waals surface area contributed by atoms with Gasteiger partial charge in [0.25, 0.3) is 0 Å². The van der Waals surface area contributed by atoms with Crippen molar-refractivity contribution >= 4 is 0 Å². The highest BCUT2D eigenvalue weighted by Gasteiger charge is 2.37. The Morgan fingerprint density at radius 1 is 0.565 bits per heavy atom. The van der Waals surface area contributed by atoms with Gasteiger partial charge in [0.05, 0.1) is 0 Å². The molecule has 126 valence electrons. The summed E-state index contributed by atoms with van der Waals surface area (Å²) < 4.78 is 0. The summed E-state index contributed by atoms with van der Waals surface area (Å²) in [6, 6.07) is 10.7. The average Bonchev–Trinajstić information content (AvgIpc) is 2.83. The van der Waals surface area contributed by atoms with E-state index in [0.29, 0.717) is 12.1 Å². The first kappa shape index (κ1) is 15.7. The molecule has 0 saturated carbocycles. The lowest BCUT2D eigenvalue weighted by atomic mass is 10.1. The predicted octanol–water partition coefficient (Wildman–Crippen LogP) is 4.92. The fourth-order valence-corrected chi connectivity index (χ4v) is 5.09. The van der Waals surface area contributed by atoms with E-state index < -0.39 is 0 Å². The fraction of sp³-hybridized carbons (Fsp3) is 0.714. The summed E-state index contributed by atoms with van der Waals surface area (Å²) in [5, 5.41) is 0. The number of rotatable bonds is 2. The zero-order chi connectivity index (χ0) is 15.5. The van der Waals surface area contributed by atoms with Crippen LogP contribution in [0, 0.1) is 0 Å². The Bertz CT molecular complexity index is 451. The summed E-state index contributed by atoms with van der Waals surface area (Å²) in [7, 11) is 0. The summed E-state index contributed by atoms with van der Waals surface area (Å²) >= 11 is 0. The van der Waals surface area contributed by atoms with Crippen LogP contribution in [0.15, 0.2) is 24.3 Å². The SMILES string of the molecule is c1ccc2c(c1)C(N1CCCCCC1)CC2N1CCCCCC1. The van der Waals surface area contributed by atoms with Crippen molar-refractivity contribution in [3.8, 4) is 0 Å². The first-order valence-electron chi connectivity index (χ1n) is 10.0. The van der Waals surface area contributed by atoms with Gasteiger partial charge in [-0.1, -0.05) is 49.9 Å². The maximum atomic E-state index is 2.81. The van der Waals surface area contributed by atoms with Crippen LogP contribution in [0.25, 0.3) is 0 Å². The zero-order valence-electron chi connectivity index (χ0n) is 14.6. The minimum atomic E-state index is 0.678. The summed E-state index contributed by atoms with van der Waals surface area (Å²) in [5.41, 5.74) is 3.28. The van der Waals surface area contributed by atoms with Gasteiger partial charge in [0.2, 0.25) is 0 Å². The Hall–Kier alpha value is -0.860. The Morgan fingerprint density at radius 2 is 0.957 bits per heavy atom. The predicted molar refractivity (Wildman–Crippen MR) is 96.6 cm³/mol. The highest BCUT2D eigenvalue weighted by Crippen LogP contribution is 2.46. The lowest BCUT2D eigenvalue weighted by Crippen LogP contribution is -2.31. The topological polar surface area (TPSA) is 6.48 Å². The van der Waals surface area contributed by atoms with Gasteiger partial charge >= 0.3 is 0 Å². The van der Waals surface area contributed by atoms with E-state index in [0.717, 1.165) is 0 Å². The summed E-state index contributed by atoms with van der Waals surface area (Å²) in [6.45, 7) is 5.24. The van der Waals surface area contributed by atoms with E-state index in [1.54, 1.807) is 11.1 Å². The van der Waals surface area contributed by atoms with Crippen molar-refractivity contribution in [2.24, 2.45) is 0 Å². The van der Waals surface area contributed by atoms with E-state index in [1.807, 2.05) is 0 Å². The van der Waals surface area contributed by atoms with Gasteiger partial charge in [-0.3, -0.25) is 9.80 Å². The third-order valence-electron chi connectivity index (χ3n) is 6.32. The highest BCUT2D eigenvalue weighted by atomic mass is 15.2. The van der Waals surface area contributed by atoms with Crippen LogP contribution in [0.2, 0.25) is 0 Å². The van der Waals surface area contributed by atoms with Crippen LogP contribution in [0.4, 0.5) is 0 Å². The Balaban J connectivity index is 1.57. The number of nitrogens with zero attached hydrogens (tertiary/aromatic N) is 2. The Kier molecular flexibility index (Phi) is 5.01. The maximum Gasteiger partial charge on any atom is 0.0369 e. The smallest absolute Gasteiger partial charge is 0.0369 e. The molecule has 0 aromatic heterocycles. The van der Waals surface area contributed by atoms with E-state index in [4.69, 9.17) is 0 Å². The molecule has 1 aromatic carbocycles. The molecule has 2 nitrogen and oxygen atoms in total. The second-order valence-electron chi connectivity index (χ2n) is 7.80. The van der Waals surface area contributed by atoms with Gasteiger partial charge in [0, 0.05) is 12.1 Å². The number of likely N-dealkylation sites (tertiary alicyclic amines) is 2. The summed E-state index contributed by atoms with van der Waals surface area (Å²) in [6.07, 6.45) is 12.6. The van der Waals surface area contributed by atoms with Crippen LogP contribution in [-0.4, -0.2) is 36.0 Å². The molecular formula is C21H32N2. The fourth-order valence-electron chi connectivity index (χ4n) is 5.09. The minimum absolute atomic E-state index is 0.678. The zero-order valence-corrected chi connectivity index (χ0v) is 14.6. The molecule has 2 atom stereocenters. The van der Waals surface area contributed by atoms with Gasteiger partial charge in [-0.2, -0.15) is 0 Å². The van der Waals surface area contributed by atoms with E-state index >= 15 is 0 Å². The summed E-state index contributed by atoms with van der Waals surface area (Å²) in [4.78, 5) is 5.62. The van der Waals surface area contributed by atoms with Gasteiger partial charge < -0.3 is 0 Å². The number of fused-ring (bicyclic) bond motifs is 1. The van der Waals surface area contributed by atoms with Gasteiger partial charge in [-0.15, -0.1) is 0 Å². The van der Waals surface area contributed by atoms with E-state index in [-0.39, 0.29) is 0 Å². The largest absolute Gasteiger partial charge is 0.296 e. The van der Waals surface area contributed by atoms with Crippen molar-refractivity contribution in [1.29, 1.82) is 0 Å². The third kappa shape index (κ3) is 3.34. The van der Waals surface area contributed by atoms with E-state index in [9.17, 15) is 0 Å². The molecular weight excluding hydrogens is 280 g/mol. The molecule has 2 fully saturated rings. The highest BCUT2D eigenvalue weighted by molar-refractivity contribution is 5.38. The molecule has 2 unspecified atom stereocenters. The van der Waals surface area contributed by atoms with Crippen LogP contribution in [0.3, 0.4) is 0 Å². The van der Waals surface area contributed by atoms with Gasteiger partial charge in [0.15, 0.2) is 0 Å². The second kappa shape index (κ2) is 7.36. The van der Waals surface area contributed by atoms with Gasteiger partial charge in [0.1, 0.15) is 0 Å². The van der Waals surface area contributed by atoms with Crippen LogP contribution < -0.4 is 0 Å². The lowest BCUT2D eigenvalue weighted by molar-refractivity contribution is 0.148. The maximum absolute atomic E-state index is 2.81. The third-order valence-corrected chi connectivity index (χ3v) is 6.32. The number of hydrogen-bond acceptors (Lipinski definition) is 2. The second-order valence-corrected chi connectivity index (χ2v) is 7.80. The number of benzene rings is 1. The van der Waals surface area contributed by atoms with Gasteiger partial charge in [-0.05, 0) is 69.4 Å². The van der Waals surface area contributed by atoms with E-state index in [1.165, 1.54) is 84.0 Å². The molecule has 0 amide bonds. The monoisotopic (exact) mass is 312 g/mol. The van der Waals surface area contributed by atoms with Crippen LogP contribution in [0.1, 0.15) is 81.0 Å². The minimum Gasteiger partial charge on any atom is -0.296 e. The van der Waals surface area contributed by atoms with Crippen LogP contribution in [0.5, 0.6) is 0 Å². The molecule has 0 spiro atoms. The summed E-state index contributed by atoms with van der Waals surface area (Å²) in [5.74, 6) is 0. The van der Waals surface area contributed by atoms with Crippen molar-refractivity contribution in [3.05, 3.63) is 35.4 Å². The van der Waals surface area contributed by atoms with Crippen LogP contribution >= 0.6 is 0 Å². The molecule has 1 aromatic rings. The first-order valence-corrected chi connectivity index (χ1v) is 10.0. The van der Waals surface area contributed by atoms with Crippen molar-refractivity contribution < 1.29 is 0 Å². The molecule has 4 rings (SSSR count). The molecule has 0 bridgehead atoms. The molecule has 0 N–H and O–H groups in total. The molecule has 23 heavy (non-hydrogen) atoms. The first-order chi connectivity index (χ1) is 11.4. The molecule has 3 aliphatic rings. The van der Waals surface area contributed by atoms with Crippen molar-refractivity contribution in [1.82, 2.24) is 9.80 Å². The Morgan fingerprint density at radius 3 is 1.35 bits per heavy atom.